The number of nitro groups is 1. The summed E-state index contributed by atoms with van der Waals surface area (Å²) in [6.07, 6.45) is 3.96. The van der Waals surface area contributed by atoms with Crippen molar-refractivity contribution in [2.75, 3.05) is 50.7 Å². The molecular weight excluding hydrogens is 282 g/mol. The number of rotatable bonds is 4. The lowest BCUT2D eigenvalue weighted by Crippen LogP contribution is -2.49. The summed E-state index contributed by atoms with van der Waals surface area (Å²) in [6, 6.07) is 3.28. The SMILES string of the molecule is O=[N+]([O-])c1ccc(N2CCN(CC3CCCNC3)CC2)nc1. The zero-order valence-corrected chi connectivity index (χ0v) is 12.8. The molecule has 0 spiro atoms. The molecule has 0 aliphatic carbocycles. The lowest BCUT2D eigenvalue weighted by atomic mass is 9.99. The van der Waals surface area contributed by atoms with E-state index in [0.29, 0.717) is 0 Å². The van der Waals surface area contributed by atoms with E-state index in [1.807, 2.05) is 0 Å². The van der Waals surface area contributed by atoms with Crippen LogP contribution < -0.4 is 10.2 Å². The molecule has 1 aromatic heterocycles. The largest absolute Gasteiger partial charge is 0.354 e. The summed E-state index contributed by atoms with van der Waals surface area (Å²) in [6.45, 7) is 7.43. The maximum atomic E-state index is 10.7. The van der Waals surface area contributed by atoms with Crippen LogP contribution in [0.15, 0.2) is 18.3 Å². The first-order chi connectivity index (χ1) is 10.7. The van der Waals surface area contributed by atoms with Gasteiger partial charge in [-0.05, 0) is 37.9 Å². The Morgan fingerprint density at radius 2 is 2.14 bits per heavy atom. The average molecular weight is 305 g/mol. The fraction of sp³-hybridized carbons (Fsp3) is 0.667. The van der Waals surface area contributed by atoms with Crippen LogP contribution in [0.5, 0.6) is 0 Å². The van der Waals surface area contributed by atoms with E-state index < -0.39 is 4.92 Å². The van der Waals surface area contributed by atoms with Gasteiger partial charge in [-0.15, -0.1) is 0 Å². The quantitative estimate of drug-likeness (QED) is 0.663. The standard InChI is InChI=1S/C15H23N5O2/c21-20(22)14-3-4-15(17-11-14)19-8-6-18(7-9-19)12-13-2-1-5-16-10-13/h3-4,11,13,16H,1-2,5-10,12H2. The van der Waals surface area contributed by atoms with E-state index in [1.165, 1.54) is 31.6 Å². The van der Waals surface area contributed by atoms with E-state index >= 15 is 0 Å². The average Bonchev–Trinajstić information content (AvgIpc) is 2.57. The van der Waals surface area contributed by atoms with Crippen LogP contribution in [0, 0.1) is 16.0 Å². The summed E-state index contributed by atoms with van der Waals surface area (Å²) >= 11 is 0. The predicted octanol–water partition coefficient (Wildman–Crippen LogP) is 1.11. The molecule has 2 aliphatic heterocycles. The van der Waals surface area contributed by atoms with Crippen LogP contribution in [0.4, 0.5) is 11.5 Å². The molecule has 1 N–H and O–H groups in total. The van der Waals surface area contributed by atoms with Crippen LogP contribution in [0.1, 0.15) is 12.8 Å². The van der Waals surface area contributed by atoms with E-state index in [9.17, 15) is 10.1 Å². The minimum Gasteiger partial charge on any atom is -0.354 e. The molecule has 0 amide bonds. The van der Waals surface area contributed by atoms with Gasteiger partial charge in [0.25, 0.3) is 5.69 Å². The molecule has 1 atom stereocenters. The van der Waals surface area contributed by atoms with Crippen molar-refractivity contribution in [3.8, 4) is 0 Å². The summed E-state index contributed by atoms with van der Waals surface area (Å²) in [4.78, 5) is 19.2. The number of piperidine rings is 1. The van der Waals surface area contributed by atoms with Gasteiger partial charge < -0.3 is 10.2 Å². The Hall–Kier alpha value is -1.73. The van der Waals surface area contributed by atoms with Crippen molar-refractivity contribution in [2.24, 2.45) is 5.92 Å². The van der Waals surface area contributed by atoms with Gasteiger partial charge in [0.2, 0.25) is 0 Å². The van der Waals surface area contributed by atoms with Crippen molar-refractivity contribution in [1.82, 2.24) is 15.2 Å². The first-order valence-corrected chi connectivity index (χ1v) is 8.01. The molecule has 3 heterocycles. The minimum absolute atomic E-state index is 0.0483. The molecule has 2 fully saturated rings. The second kappa shape index (κ2) is 7.02. The monoisotopic (exact) mass is 305 g/mol. The van der Waals surface area contributed by atoms with Crippen molar-refractivity contribution in [3.05, 3.63) is 28.4 Å². The molecule has 22 heavy (non-hydrogen) atoms. The van der Waals surface area contributed by atoms with Crippen molar-refractivity contribution >= 4 is 11.5 Å². The molecule has 0 radical (unpaired) electrons. The summed E-state index contributed by atoms with van der Waals surface area (Å²) in [7, 11) is 0. The second-order valence-corrected chi connectivity index (χ2v) is 6.13. The Kier molecular flexibility index (Phi) is 4.84. The van der Waals surface area contributed by atoms with E-state index in [0.717, 1.165) is 51.0 Å². The Balaban J connectivity index is 1.49. The van der Waals surface area contributed by atoms with Gasteiger partial charge in [-0.2, -0.15) is 0 Å². The lowest BCUT2D eigenvalue weighted by Gasteiger charge is -2.37. The third kappa shape index (κ3) is 3.72. The van der Waals surface area contributed by atoms with Crippen LogP contribution in [0.3, 0.4) is 0 Å². The highest BCUT2D eigenvalue weighted by Gasteiger charge is 2.22. The number of anilines is 1. The highest BCUT2D eigenvalue weighted by atomic mass is 16.6. The normalized spacial score (nSPS) is 23.5. The van der Waals surface area contributed by atoms with Gasteiger partial charge in [0, 0.05) is 38.8 Å². The van der Waals surface area contributed by atoms with Gasteiger partial charge in [-0.1, -0.05) is 0 Å². The van der Waals surface area contributed by atoms with Gasteiger partial charge in [0.15, 0.2) is 0 Å². The first kappa shape index (κ1) is 15.2. The summed E-state index contributed by atoms with van der Waals surface area (Å²) in [5.74, 6) is 1.61. The van der Waals surface area contributed by atoms with E-state index in [2.05, 4.69) is 20.1 Å². The molecule has 1 unspecified atom stereocenters. The topological polar surface area (TPSA) is 74.5 Å². The molecule has 2 aliphatic rings. The smallest absolute Gasteiger partial charge is 0.287 e. The van der Waals surface area contributed by atoms with E-state index in [4.69, 9.17) is 0 Å². The number of nitrogens with one attached hydrogen (secondary N) is 1. The van der Waals surface area contributed by atoms with E-state index in [-0.39, 0.29) is 5.69 Å². The molecule has 1 aromatic rings. The van der Waals surface area contributed by atoms with Crippen molar-refractivity contribution < 1.29 is 4.92 Å². The number of pyridine rings is 1. The van der Waals surface area contributed by atoms with Gasteiger partial charge in [0.05, 0.1) is 4.92 Å². The fourth-order valence-corrected chi connectivity index (χ4v) is 3.28. The Labute approximate surface area is 130 Å². The van der Waals surface area contributed by atoms with Crippen molar-refractivity contribution in [1.29, 1.82) is 0 Å². The van der Waals surface area contributed by atoms with Gasteiger partial charge in [-0.3, -0.25) is 15.0 Å². The Bertz CT molecular complexity index is 493. The fourth-order valence-electron chi connectivity index (χ4n) is 3.28. The highest BCUT2D eigenvalue weighted by molar-refractivity contribution is 5.43. The third-order valence-electron chi connectivity index (χ3n) is 4.55. The Morgan fingerprint density at radius 1 is 1.32 bits per heavy atom. The van der Waals surface area contributed by atoms with Crippen LogP contribution in [0.2, 0.25) is 0 Å². The van der Waals surface area contributed by atoms with Crippen LogP contribution in [-0.4, -0.2) is 60.6 Å². The summed E-state index contributed by atoms with van der Waals surface area (Å²) in [5, 5.41) is 14.1. The zero-order chi connectivity index (χ0) is 15.4. The highest BCUT2D eigenvalue weighted by Crippen LogP contribution is 2.18. The number of piperazine rings is 1. The molecule has 7 nitrogen and oxygen atoms in total. The number of hydrogen-bond acceptors (Lipinski definition) is 6. The van der Waals surface area contributed by atoms with E-state index in [1.54, 1.807) is 6.07 Å². The maximum absolute atomic E-state index is 10.7. The molecule has 120 valence electrons. The second-order valence-electron chi connectivity index (χ2n) is 6.13. The molecule has 2 saturated heterocycles. The molecule has 3 rings (SSSR count). The van der Waals surface area contributed by atoms with Crippen molar-refractivity contribution in [2.45, 2.75) is 12.8 Å². The minimum atomic E-state index is -0.410. The molecule has 0 aromatic carbocycles. The number of nitrogens with zero attached hydrogens (tertiary/aromatic N) is 4. The molecule has 0 bridgehead atoms. The Morgan fingerprint density at radius 3 is 2.73 bits per heavy atom. The molecular formula is C15H23N5O2. The zero-order valence-electron chi connectivity index (χ0n) is 12.8. The number of hydrogen-bond donors (Lipinski definition) is 1. The number of aromatic nitrogens is 1. The summed E-state index contributed by atoms with van der Waals surface area (Å²) < 4.78 is 0. The third-order valence-corrected chi connectivity index (χ3v) is 4.55. The van der Waals surface area contributed by atoms with Crippen LogP contribution in [0.25, 0.3) is 0 Å². The van der Waals surface area contributed by atoms with Gasteiger partial charge in [0.1, 0.15) is 12.0 Å². The van der Waals surface area contributed by atoms with Crippen LogP contribution >= 0.6 is 0 Å². The van der Waals surface area contributed by atoms with Gasteiger partial charge >= 0.3 is 0 Å². The lowest BCUT2D eigenvalue weighted by molar-refractivity contribution is -0.385. The van der Waals surface area contributed by atoms with Crippen LogP contribution in [-0.2, 0) is 0 Å². The van der Waals surface area contributed by atoms with Crippen molar-refractivity contribution in [3.63, 3.8) is 0 Å². The maximum Gasteiger partial charge on any atom is 0.287 e. The molecule has 7 heteroatoms. The molecule has 0 saturated carbocycles. The predicted molar refractivity (Wildman–Crippen MR) is 85.1 cm³/mol. The van der Waals surface area contributed by atoms with Gasteiger partial charge in [-0.25, -0.2) is 4.98 Å². The summed E-state index contributed by atoms with van der Waals surface area (Å²) in [5.41, 5.74) is 0.0483. The first-order valence-electron chi connectivity index (χ1n) is 8.01.